The summed E-state index contributed by atoms with van der Waals surface area (Å²) < 4.78 is 0. The van der Waals surface area contributed by atoms with Gasteiger partial charge in [-0.05, 0) is 51.9 Å². The van der Waals surface area contributed by atoms with Gasteiger partial charge < -0.3 is 4.90 Å². The van der Waals surface area contributed by atoms with Crippen molar-refractivity contribution in [2.45, 2.75) is 53.9 Å². The van der Waals surface area contributed by atoms with Gasteiger partial charge in [-0.25, -0.2) is 0 Å². The average Bonchev–Trinajstić information content (AvgIpc) is 2.14. The summed E-state index contributed by atoms with van der Waals surface area (Å²) in [5.74, 6) is 0.867. The van der Waals surface area contributed by atoms with E-state index >= 15 is 0 Å². The van der Waals surface area contributed by atoms with Crippen molar-refractivity contribution in [3.63, 3.8) is 0 Å². The molecule has 0 aromatic rings. The van der Waals surface area contributed by atoms with E-state index in [0.717, 1.165) is 25.8 Å². The van der Waals surface area contributed by atoms with Crippen molar-refractivity contribution in [1.82, 2.24) is 4.90 Å². The Morgan fingerprint density at radius 2 is 1.78 bits per heavy atom. The largest absolute Gasteiger partial charge is 0.309 e. The molecule has 18 heavy (non-hydrogen) atoms. The summed E-state index contributed by atoms with van der Waals surface area (Å²) in [7, 11) is 4.18. The van der Waals surface area contributed by atoms with Crippen LogP contribution in [0.5, 0.6) is 0 Å². The number of carbonyl (C=O) groups excluding carboxylic acids is 1. The molecule has 0 aliphatic rings. The van der Waals surface area contributed by atoms with Crippen LogP contribution in [0, 0.1) is 11.3 Å². The number of allylic oxidation sites excluding steroid dienone is 2. The first kappa shape index (κ1) is 17.4. The first-order valence-electron chi connectivity index (χ1n) is 7.01. The van der Waals surface area contributed by atoms with Gasteiger partial charge in [0.2, 0.25) is 0 Å². The van der Waals surface area contributed by atoms with E-state index in [9.17, 15) is 4.79 Å². The van der Waals surface area contributed by atoms with Crippen LogP contribution in [0.3, 0.4) is 0 Å². The van der Waals surface area contributed by atoms with Crippen molar-refractivity contribution < 1.29 is 4.79 Å². The quantitative estimate of drug-likeness (QED) is 0.641. The zero-order valence-electron chi connectivity index (χ0n) is 13.3. The van der Waals surface area contributed by atoms with E-state index in [4.69, 9.17) is 0 Å². The van der Waals surface area contributed by atoms with Gasteiger partial charge in [0, 0.05) is 5.41 Å². The Bertz CT molecular complexity index is 282. The number of ketones is 1. The van der Waals surface area contributed by atoms with Gasteiger partial charge in [-0.3, -0.25) is 4.79 Å². The Balaban J connectivity index is 4.57. The first-order chi connectivity index (χ1) is 8.12. The summed E-state index contributed by atoms with van der Waals surface area (Å²) in [6.45, 7) is 11.5. The van der Waals surface area contributed by atoms with Crippen LogP contribution in [0.2, 0.25) is 0 Å². The number of hydrogen-bond acceptors (Lipinski definition) is 2. The molecule has 0 bridgehead atoms. The summed E-state index contributed by atoms with van der Waals surface area (Å²) in [6.07, 6.45) is 5.10. The second-order valence-corrected chi connectivity index (χ2v) is 6.92. The zero-order chi connectivity index (χ0) is 14.3. The minimum atomic E-state index is -0.260. The Labute approximate surface area is 113 Å². The van der Waals surface area contributed by atoms with Crippen molar-refractivity contribution in [1.29, 1.82) is 0 Å². The van der Waals surface area contributed by atoms with Gasteiger partial charge in [0.1, 0.15) is 0 Å². The molecule has 0 radical (unpaired) electrons. The molecule has 2 heteroatoms. The second kappa shape index (κ2) is 7.73. The van der Waals surface area contributed by atoms with Gasteiger partial charge in [-0.15, -0.1) is 0 Å². The first-order valence-corrected chi connectivity index (χ1v) is 7.01. The van der Waals surface area contributed by atoms with E-state index in [2.05, 4.69) is 32.8 Å². The van der Waals surface area contributed by atoms with Gasteiger partial charge in [0.15, 0.2) is 5.78 Å². The smallest absolute Gasteiger partial charge is 0.160 e. The molecule has 0 aromatic heterocycles. The van der Waals surface area contributed by atoms with Crippen LogP contribution in [0.25, 0.3) is 0 Å². The summed E-state index contributed by atoms with van der Waals surface area (Å²) in [5.41, 5.74) is 1.05. The highest BCUT2D eigenvalue weighted by Crippen LogP contribution is 2.21. The molecule has 0 aliphatic carbocycles. The molecular formula is C16H31NO. The Morgan fingerprint density at radius 1 is 1.22 bits per heavy atom. The van der Waals surface area contributed by atoms with Crippen molar-refractivity contribution in [3.05, 3.63) is 11.6 Å². The fourth-order valence-electron chi connectivity index (χ4n) is 1.78. The molecule has 0 saturated carbocycles. The van der Waals surface area contributed by atoms with Gasteiger partial charge >= 0.3 is 0 Å². The lowest BCUT2D eigenvalue weighted by Gasteiger charge is -2.17. The van der Waals surface area contributed by atoms with Crippen LogP contribution in [-0.4, -0.2) is 31.3 Å². The van der Waals surface area contributed by atoms with E-state index in [1.165, 1.54) is 5.57 Å². The maximum atomic E-state index is 12.1. The van der Waals surface area contributed by atoms with Gasteiger partial charge in [-0.2, -0.15) is 0 Å². The normalized spacial score (nSPS) is 13.5. The molecule has 0 saturated heterocycles. The van der Waals surface area contributed by atoms with Gasteiger partial charge in [0.05, 0.1) is 0 Å². The topological polar surface area (TPSA) is 20.3 Å². The predicted octanol–water partition coefficient (Wildman–Crippen LogP) is 3.92. The fraction of sp³-hybridized carbons (Fsp3) is 0.812. The van der Waals surface area contributed by atoms with Crippen LogP contribution in [-0.2, 0) is 4.79 Å². The van der Waals surface area contributed by atoms with E-state index in [1.807, 2.05) is 26.8 Å². The SMILES string of the molecule is CC(C)C/C(=C\C(=O)C(C)(C)C)CCCN(C)C. The van der Waals surface area contributed by atoms with Crippen LogP contribution in [0.1, 0.15) is 53.9 Å². The molecule has 0 atom stereocenters. The highest BCUT2D eigenvalue weighted by Gasteiger charge is 2.19. The highest BCUT2D eigenvalue weighted by atomic mass is 16.1. The Hall–Kier alpha value is -0.630. The third-order valence-corrected chi connectivity index (χ3v) is 2.85. The van der Waals surface area contributed by atoms with Gasteiger partial charge in [-0.1, -0.05) is 40.2 Å². The lowest BCUT2D eigenvalue weighted by Crippen LogP contribution is -2.18. The van der Waals surface area contributed by atoms with E-state index < -0.39 is 0 Å². The van der Waals surface area contributed by atoms with Crippen molar-refractivity contribution >= 4 is 5.78 Å². The molecule has 0 amide bonds. The number of hydrogen-bond donors (Lipinski definition) is 0. The number of nitrogens with zero attached hydrogens (tertiary/aromatic N) is 1. The van der Waals surface area contributed by atoms with Crippen LogP contribution < -0.4 is 0 Å². The maximum absolute atomic E-state index is 12.1. The third-order valence-electron chi connectivity index (χ3n) is 2.85. The van der Waals surface area contributed by atoms with E-state index in [1.54, 1.807) is 0 Å². The number of carbonyl (C=O) groups is 1. The minimum absolute atomic E-state index is 0.253. The summed E-state index contributed by atoms with van der Waals surface area (Å²) in [6, 6.07) is 0. The van der Waals surface area contributed by atoms with Gasteiger partial charge in [0.25, 0.3) is 0 Å². The lowest BCUT2D eigenvalue weighted by molar-refractivity contribution is -0.121. The number of rotatable bonds is 7. The van der Waals surface area contributed by atoms with Crippen molar-refractivity contribution in [2.24, 2.45) is 11.3 Å². The molecule has 0 fully saturated rings. The second-order valence-electron chi connectivity index (χ2n) is 6.92. The molecule has 0 rings (SSSR count). The highest BCUT2D eigenvalue weighted by molar-refractivity contribution is 5.94. The Morgan fingerprint density at radius 3 is 2.17 bits per heavy atom. The van der Waals surface area contributed by atoms with Crippen molar-refractivity contribution in [2.75, 3.05) is 20.6 Å². The molecular weight excluding hydrogens is 222 g/mol. The standard InChI is InChI=1S/C16H31NO/c1-13(2)11-14(9-8-10-17(6)7)12-15(18)16(3,4)5/h12-13H,8-11H2,1-7H3/b14-12-. The van der Waals surface area contributed by atoms with Crippen LogP contribution >= 0.6 is 0 Å². The minimum Gasteiger partial charge on any atom is -0.309 e. The lowest BCUT2D eigenvalue weighted by atomic mass is 9.87. The van der Waals surface area contributed by atoms with Crippen molar-refractivity contribution in [3.8, 4) is 0 Å². The zero-order valence-corrected chi connectivity index (χ0v) is 13.3. The summed E-state index contributed by atoms with van der Waals surface area (Å²) in [5, 5.41) is 0. The van der Waals surface area contributed by atoms with E-state index in [-0.39, 0.29) is 11.2 Å². The van der Waals surface area contributed by atoms with Crippen LogP contribution in [0.15, 0.2) is 11.6 Å². The van der Waals surface area contributed by atoms with E-state index in [0.29, 0.717) is 5.92 Å². The molecule has 0 aliphatic heterocycles. The maximum Gasteiger partial charge on any atom is 0.160 e. The molecule has 0 unspecified atom stereocenters. The summed E-state index contributed by atoms with van der Waals surface area (Å²) in [4.78, 5) is 14.3. The molecule has 0 N–H and O–H groups in total. The molecule has 0 heterocycles. The predicted molar refractivity (Wildman–Crippen MR) is 79.8 cm³/mol. The Kier molecular flexibility index (Phi) is 7.46. The summed E-state index contributed by atoms with van der Waals surface area (Å²) >= 11 is 0. The molecule has 106 valence electrons. The monoisotopic (exact) mass is 253 g/mol. The average molecular weight is 253 g/mol. The van der Waals surface area contributed by atoms with Crippen LogP contribution in [0.4, 0.5) is 0 Å². The molecule has 2 nitrogen and oxygen atoms in total. The molecule has 0 spiro atoms. The fourth-order valence-corrected chi connectivity index (χ4v) is 1.78. The third kappa shape index (κ3) is 8.46. The molecule has 0 aromatic carbocycles.